The molecule has 0 atom stereocenters. The first-order chi connectivity index (χ1) is 9.58. The van der Waals surface area contributed by atoms with Crippen LogP contribution in [0.15, 0.2) is 42.5 Å². The fourth-order valence-corrected chi connectivity index (χ4v) is 2.44. The largest absolute Gasteiger partial charge is 0.326 e. The third-order valence-electron chi connectivity index (χ3n) is 3.45. The maximum atomic E-state index is 5.90. The van der Waals surface area contributed by atoms with E-state index >= 15 is 0 Å². The van der Waals surface area contributed by atoms with Crippen molar-refractivity contribution in [1.29, 1.82) is 0 Å². The molecule has 0 heterocycles. The Morgan fingerprint density at radius 1 is 1.00 bits per heavy atom. The van der Waals surface area contributed by atoms with Crippen LogP contribution in [0.1, 0.15) is 22.3 Å². The predicted octanol–water partition coefficient (Wildman–Crippen LogP) is 3.74. The van der Waals surface area contributed by atoms with Crippen LogP contribution < -0.4 is 5.73 Å². The van der Waals surface area contributed by atoms with Gasteiger partial charge >= 0.3 is 0 Å². The summed E-state index contributed by atoms with van der Waals surface area (Å²) in [6.07, 6.45) is 0. The van der Waals surface area contributed by atoms with Gasteiger partial charge in [-0.15, -0.1) is 0 Å². The zero-order valence-electron chi connectivity index (χ0n) is 12.1. The average molecular weight is 289 g/mol. The van der Waals surface area contributed by atoms with E-state index in [9.17, 15) is 0 Å². The van der Waals surface area contributed by atoms with E-state index < -0.39 is 0 Å². The van der Waals surface area contributed by atoms with Crippen molar-refractivity contribution in [1.82, 2.24) is 4.90 Å². The van der Waals surface area contributed by atoms with Gasteiger partial charge in [0.2, 0.25) is 0 Å². The minimum Gasteiger partial charge on any atom is -0.326 e. The van der Waals surface area contributed by atoms with Crippen molar-refractivity contribution in [2.45, 2.75) is 26.6 Å². The van der Waals surface area contributed by atoms with Gasteiger partial charge in [-0.1, -0.05) is 41.9 Å². The minimum atomic E-state index is 0.599. The Labute approximate surface area is 126 Å². The number of rotatable bonds is 5. The van der Waals surface area contributed by atoms with Crippen molar-refractivity contribution in [3.05, 3.63) is 69.7 Å². The highest BCUT2D eigenvalue weighted by molar-refractivity contribution is 6.30. The molecule has 2 rings (SSSR count). The smallest absolute Gasteiger partial charge is 0.0406 e. The molecule has 0 saturated heterocycles. The number of nitrogens with zero attached hydrogens (tertiary/aromatic N) is 1. The number of halogens is 1. The number of nitrogens with two attached hydrogens (primary N) is 1. The van der Waals surface area contributed by atoms with Crippen molar-refractivity contribution in [3.63, 3.8) is 0 Å². The highest BCUT2D eigenvalue weighted by Gasteiger charge is 2.05. The Morgan fingerprint density at radius 2 is 1.65 bits per heavy atom. The molecule has 0 amide bonds. The summed E-state index contributed by atoms with van der Waals surface area (Å²) in [5.74, 6) is 0. The van der Waals surface area contributed by atoms with Crippen molar-refractivity contribution in [2.75, 3.05) is 7.05 Å². The second-order valence-corrected chi connectivity index (χ2v) is 5.70. The van der Waals surface area contributed by atoms with Gasteiger partial charge in [0.15, 0.2) is 0 Å². The molecule has 0 aliphatic carbocycles. The Bertz CT molecular complexity index is 564. The van der Waals surface area contributed by atoms with Crippen LogP contribution in [0.25, 0.3) is 0 Å². The molecule has 0 fully saturated rings. The van der Waals surface area contributed by atoms with E-state index in [-0.39, 0.29) is 0 Å². The SMILES string of the molecule is Cc1cc(CN)ccc1CN(C)Cc1ccc(Cl)cc1. The van der Waals surface area contributed by atoms with Crippen LogP contribution in [0.2, 0.25) is 5.02 Å². The molecule has 2 aromatic carbocycles. The highest BCUT2D eigenvalue weighted by atomic mass is 35.5. The third-order valence-corrected chi connectivity index (χ3v) is 3.70. The maximum Gasteiger partial charge on any atom is 0.0406 e. The summed E-state index contributed by atoms with van der Waals surface area (Å²) in [6, 6.07) is 14.5. The molecule has 0 aromatic heterocycles. The summed E-state index contributed by atoms with van der Waals surface area (Å²) >= 11 is 5.90. The minimum absolute atomic E-state index is 0.599. The number of hydrogen-bond acceptors (Lipinski definition) is 2. The highest BCUT2D eigenvalue weighted by Crippen LogP contribution is 2.15. The van der Waals surface area contributed by atoms with E-state index in [0.717, 1.165) is 18.1 Å². The molecule has 2 N–H and O–H groups in total. The molecule has 0 saturated carbocycles. The van der Waals surface area contributed by atoms with Crippen LogP contribution >= 0.6 is 11.6 Å². The van der Waals surface area contributed by atoms with Gasteiger partial charge in [0.25, 0.3) is 0 Å². The summed E-state index contributed by atoms with van der Waals surface area (Å²) < 4.78 is 0. The van der Waals surface area contributed by atoms with E-state index in [1.165, 1.54) is 22.3 Å². The molecule has 20 heavy (non-hydrogen) atoms. The monoisotopic (exact) mass is 288 g/mol. The number of benzene rings is 2. The lowest BCUT2D eigenvalue weighted by Crippen LogP contribution is -2.18. The van der Waals surface area contributed by atoms with Crippen LogP contribution in [0.3, 0.4) is 0 Å². The van der Waals surface area contributed by atoms with Gasteiger partial charge in [-0.05, 0) is 48.4 Å². The van der Waals surface area contributed by atoms with Gasteiger partial charge in [-0.25, -0.2) is 0 Å². The molecule has 2 nitrogen and oxygen atoms in total. The van der Waals surface area contributed by atoms with Gasteiger partial charge in [-0.2, -0.15) is 0 Å². The van der Waals surface area contributed by atoms with Crippen molar-refractivity contribution >= 4 is 11.6 Å². The van der Waals surface area contributed by atoms with E-state index in [1.807, 2.05) is 12.1 Å². The van der Waals surface area contributed by atoms with Gasteiger partial charge in [0.1, 0.15) is 0 Å². The Balaban J connectivity index is 2.00. The first-order valence-electron chi connectivity index (χ1n) is 6.80. The van der Waals surface area contributed by atoms with Crippen molar-refractivity contribution < 1.29 is 0 Å². The van der Waals surface area contributed by atoms with Crippen LogP contribution in [0, 0.1) is 6.92 Å². The summed E-state index contributed by atoms with van der Waals surface area (Å²) in [4.78, 5) is 2.30. The molecular formula is C17H21ClN2. The predicted molar refractivity (Wildman–Crippen MR) is 85.7 cm³/mol. The molecule has 2 aromatic rings. The summed E-state index contributed by atoms with van der Waals surface area (Å²) in [5.41, 5.74) is 10.8. The second-order valence-electron chi connectivity index (χ2n) is 5.26. The normalized spacial score (nSPS) is 11.1. The molecule has 0 spiro atoms. The Morgan fingerprint density at radius 3 is 2.25 bits per heavy atom. The van der Waals surface area contributed by atoms with Crippen LogP contribution in [0.4, 0.5) is 0 Å². The van der Waals surface area contributed by atoms with E-state index in [4.69, 9.17) is 17.3 Å². The topological polar surface area (TPSA) is 29.3 Å². The Kier molecular flexibility index (Phi) is 5.18. The van der Waals surface area contributed by atoms with Crippen molar-refractivity contribution in [2.24, 2.45) is 5.73 Å². The van der Waals surface area contributed by atoms with Crippen LogP contribution in [-0.4, -0.2) is 11.9 Å². The molecule has 0 radical (unpaired) electrons. The molecule has 0 aliphatic heterocycles. The first-order valence-corrected chi connectivity index (χ1v) is 7.17. The quantitative estimate of drug-likeness (QED) is 0.908. The molecule has 106 valence electrons. The maximum absolute atomic E-state index is 5.90. The summed E-state index contributed by atoms with van der Waals surface area (Å²) in [5, 5.41) is 0.782. The van der Waals surface area contributed by atoms with Gasteiger partial charge in [0, 0.05) is 24.7 Å². The standard InChI is InChI=1S/C17H21ClN2/c1-13-9-15(10-19)3-6-16(13)12-20(2)11-14-4-7-17(18)8-5-14/h3-9H,10-12,19H2,1-2H3. The zero-order chi connectivity index (χ0) is 14.5. The van der Waals surface area contributed by atoms with Gasteiger partial charge in [-0.3, -0.25) is 4.90 Å². The Hall–Kier alpha value is -1.35. The van der Waals surface area contributed by atoms with E-state index in [0.29, 0.717) is 6.54 Å². The molecular weight excluding hydrogens is 268 g/mol. The first kappa shape index (κ1) is 15.0. The molecule has 0 unspecified atom stereocenters. The average Bonchev–Trinajstić information content (AvgIpc) is 2.43. The lowest BCUT2D eigenvalue weighted by Gasteiger charge is -2.18. The molecule has 0 aliphatic rings. The number of hydrogen-bond donors (Lipinski definition) is 1. The molecule has 0 bridgehead atoms. The molecule has 3 heteroatoms. The van der Waals surface area contributed by atoms with Crippen LogP contribution in [-0.2, 0) is 19.6 Å². The van der Waals surface area contributed by atoms with E-state index in [1.54, 1.807) is 0 Å². The zero-order valence-corrected chi connectivity index (χ0v) is 12.8. The van der Waals surface area contributed by atoms with Gasteiger partial charge in [0.05, 0.1) is 0 Å². The number of aryl methyl sites for hydroxylation is 1. The third kappa shape index (κ3) is 4.07. The summed E-state index contributed by atoms with van der Waals surface area (Å²) in [6.45, 7) is 4.58. The fraction of sp³-hybridized carbons (Fsp3) is 0.294. The lowest BCUT2D eigenvalue weighted by molar-refractivity contribution is 0.318. The van der Waals surface area contributed by atoms with Crippen LogP contribution in [0.5, 0.6) is 0 Å². The summed E-state index contributed by atoms with van der Waals surface area (Å²) in [7, 11) is 2.13. The lowest BCUT2D eigenvalue weighted by atomic mass is 10.0. The fourth-order valence-electron chi connectivity index (χ4n) is 2.31. The second kappa shape index (κ2) is 6.89. The van der Waals surface area contributed by atoms with Gasteiger partial charge < -0.3 is 5.73 Å². The van der Waals surface area contributed by atoms with E-state index in [2.05, 4.69) is 49.2 Å². The van der Waals surface area contributed by atoms with Crippen molar-refractivity contribution in [3.8, 4) is 0 Å².